The second kappa shape index (κ2) is 5.22. The highest BCUT2D eigenvalue weighted by molar-refractivity contribution is 8.11. The van der Waals surface area contributed by atoms with E-state index in [-0.39, 0.29) is 4.08 Å². The molecule has 0 aliphatic carbocycles. The van der Waals surface area contributed by atoms with Crippen LogP contribution in [0.15, 0.2) is 35.4 Å². The van der Waals surface area contributed by atoms with Crippen LogP contribution in [0.1, 0.15) is 31.4 Å². The normalized spacial score (nSPS) is 28.6. The molecule has 1 aliphatic rings. The van der Waals surface area contributed by atoms with Gasteiger partial charge in [0.05, 0.1) is 0 Å². The van der Waals surface area contributed by atoms with Gasteiger partial charge in [-0.25, -0.2) is 0 Å². The molecule has 0 bridgehead atoms. The van der Waals surface area contributed by atoms with Crippen molar-refractivity contribution in [2.45, 2.75) is 31.3 Å². The van der Waals surface area contributed by atoms with E-state index in [1.807, 2.05) is 0 Å². The van der Waals surface area contributed by atoms with Crippen LogP contribution >= 0.6 is 11.8 Å². The quantitative estimate of drug-likeness (QED) is 0.762. The second-order valence-corrected chi connectivity index (χ2v) is 8.09. The molecule has 1 heterocycles. The van der Waals surface area contributed by atoms with Crippen LogP contribution in [-0.2, 0) is 14.9 Å². The molecule has 0 saturated carbocycles. The van der Waals surface area contributed by atoms with Crippen molar-refractivity contribution >= 4 is 22.6 Å². The zero-order chi connectivity index (χ0) is 13.3. The van der Waals surface area contributed by atoms with Crippen molar-refractivity contribution in [1.29, 1.82) is 0 Å². The van der Waals surface area contributed by atoms with Gasteiger partial charge in [-0.05, 0) is 39.0 Å². The summed E-state index contributed by atoms with van der Waals surface area (Å²) in [5.41, 5.74) is 5.14. The van der Waals surface area contributed by atoms with E-state index in [2.05, 4.69) is 51.3 Å². The largest absolute Gasteiger partial charge is 0.257 e. The van der Waals surface area contributed by atoms with Gasteiger partial charge in [0.2, 0.25) is 0 Å². The van der Waals surface area contributed by atoms with Gasteiger partial charge < -0.3 is 0 Å². The summed E-state index contributed by atoms with van der Waals surface area (Å²) in [5.74, 6) is 0.709. The molecule has 2 atom stereocenters. The van der Waals surface area contributed by atoms with Crippen LogP contribution in [0, 0.1) is 6.92 Å². The number of thioether (sulfide) groups is 1. The van der Waals surface area contributed by atoms with E-state index in [9.17, 15) is 4.21 Å². The lowest BCUT2D eigenvalue weighted by atomic mass is 10.00. The summed E-state index contributed by atoms with van der Waals surface area (Å²) in [4.78, 5) is 0. The van der Waals surface area contributed by atoms with E-state index in [0.29, 0.717) is 5.75 Å². The maximum absolute atomic E-state index is 12.6. The van der Waals surface area contributed by atoms with Crippen LogP contribution in [0.3, 0.4) is 0 Å². The van der Waals surface area contributed by atoms with E-state index in [1.165, 1.54) is 22.3 Å². The van der Waals surface area contributed by atoms with Gasteiger partial charge in [-0.1, -0.05) is 41.0 Å². The monoisotopic (exact) mass is 280 g/mol. The van der Waals surface area contributed by atoms with Crippen molar-refractivity contribution < 1.29 is 4.21 Å². The minimum atomic E-state index is -0.840. The van der Waals surface area contributed by atoms with E-state index >= 15 is 0 Å². The lowest BCUT2D eigenvalue weighted by molar-refractivity contribution is 0.658. The molecule has 0 fully saturated rings. The number of benzene rings is 1. The number of aryl methyl sites for hydroxylation is 1. The first kappa shape index (κ1) is 13.9. The molecule has 3 heteroatoms. The Hall–Kier alpha value is -0.540. The second-order valence-electron chi connectivity index (χ2n) is 5.05. The van der Waals surface area contributed by atoms with E-state index < -0.39 is 10.8 Å². The van der Waals surface area contributed by atoms with Gasteiger partial charge in [0, 0.05) is 16.6 Å². The topological polar surface area (TPSA) is 17.1 Å². The molecule has 0 radical (unpaired) electrons. The Labute approximate surface area is 117 Å². The molecular weight excluding hydrogens is 260 g/mol. The maximum atomic E-state index is 12.6. The van der Waals surface area contributed by atoms with Gasteiger partial charge in [0.1, 0.15) is 4.08 Å². The van der Waals surface area contributed by atoms with Crippen molar-refractivity contribution in [3.05, 3.63) is 46.5 Å². The summed E-state index contributed by atoms with van der Waals surface area (Å²) < 4.78 is 12.4. The molecule has 0 N–H and O–H groups in total. The highest BCUT2D eigenvalue weighted by atomic mass is 32.2. The van der Waals surface area contributed by atoms with E-state index in [0.717, 1.165) is 6.42 Å². The number of allylic oxidation sites excluding steroid dienone is 1. The smallest absolute Gasteiger partial charge is 0.120 e. The Morgan fingerprint density at radius 1 is 1.11 bits per heavy atom. The lowest BCUT2D eigenvalue weighted by Crippen LogP contribution is -2.33. The number of hydrogen-bond acceptors (Lipinski definition) is 2. The zero-order valence-corrected chi connectivity index (χ0v) is 13.1. The summed E-state index contributed by atoms with van der Waals surface area (Å²) in [5, 5.41) is 0. The molecule has 1 aliphatic heterocycles. The average Bonchev–Trinajstić information content (AvgIpc) is 2.35. The SMILES string of the molecule is CS[C@]1(c2ccc(C)cc2)CC(C)=C(C)C[S@@]1=O. The third-order valence-electron chi connectivity index (χ3n) is 3.76. The van der Waals surface area contributed by atoms with Gasteiger partial charge in [-0.2, -0.15) is 0 Å². The minimum Gasteiger partial charge on any atom is -0.257 e. The molecule has 0 amide bonds. The van der Waals surface area contributed by atoms with Gasteiger partial charge in [0.15, 0.2) is 0 Å². The van der Waals surface area contributed by atoms with Crippen LogP contribution in [0.5, 0.6) is 0 Å². The fraction of sp³-hybridized carbons (Fsp3) is 0.467. The van der Waals surface area contributed by atoms with Gasteiger partial charge >= 0.3 is 0 Å². The molecule has 1 aromatic carbocycles. The summed E-state index contributed by atoms with van der Waals surface area (Å²) in [7, 11) is -0.840. The lowest BCUT2D eigenvalue weighted by Gasteiger charge is -2.36. The molecule has 1 nitrogen and oxygen atoms in total. The highest BCUT2D eigenvalue weighted by Gasteiger charge is 2.41. The summed E-state index contributed by atoms with van der Waals surface area (Å²) in [6, 6.07) is 8.51. The molecule has 18 heavy (non-hydrogen) atoms. The first-order chi connectivity index (χ1) is 8.49. The zero-order valence-electron chi connectivity index (χ0n) is 11.4. The third-order valence-corrected chi connectivity index (χ3v) is 7.67. The van der Waals surface area contributed by atoms with Gasteiger partial charge in [-0.3, -0.25) is 4.21 Å². The van der Waals surface area contributed by atoms with Crippen molar-refractivity contribution in [2.24, 2.45) is 0 Å². The Balaban J connectivity index is 2.49. The Bertz CT molecular complexity index is 502. The van der Waals surface area contributed by atoms with Crippen LogP contribution in [0.2, 0.25) is 0 Å². The fourth-order valence-electron chi connectivity index (χ4n) is 2.34. The highest BCUT2D eigenvalue weighted by Crippen LogP contribution is 2.47. The third kappa shape index (κ3) is 2.30. The first-order valence-electron chi connectivity index (χ1n) is 6.15. The van der Waals surface area contributed by atoms with Gasteiger partial charge in [0.25, 0.3) is 0 Å². The summed E-state index contributed by atoms with van der Waals surface area (Å²) >= 11 is 1.73. The predicted molar refractivity (Wildman–Crippen MR) is 82.4 cm³/mol. The molecule has 0 unspecified atom stereocenters. The molecule has 1 aromatic rings. The van der Waals surface area contributed by atoms with E-state index in [1.54, 1.807) is 11.8 Å². The standard InChI is InChI=1S/C15H20OS2/c1-11-5-7-14(8-6-11)15(17-4)9-12(2)13(3)10-18(15)16/h5-8H,9-10H2,1-4H3/t15-,18+/m1/s1. The molecular formula is C15H20OS2. The fourth-order valence-corrected chi connectivity index (χ4v) is 5.64. The molecule has 0 saturated heterocycles. The van der Waals surface area contributed by atoms with Crippen LogP contribution in [-0.4, -0.2) is 16.2 Å². The molecule has 2 rings (SSSR count). The molecule has 0 spiro atoms. The number of hydrogen-bond donors (Lipinski definition) is 0. The Kier molecular flexibility index (Phi) is 4.02. The van der Waals surface area contributed by atoms with Crippen LogP contribution < -0.4 is 0 Å². The number of rotatable bonds is 2. The Morgan fingerprint density at radius 3 is 2.28 bits per heavy atom. The van der Waals surface area contributed by atoms with Crippen LogP contribution in [0.4, 0.5) is 0 Å². The predicted octanol–water partition coefficient (Wildman–Crippen LogP) is 4.00. The van der Waals surface area contributed by atoms with Crippen molar-refractivity contribution in [3.8, 4) is 0 Å². The Morgan fingerprint density at radius 2 is 1.72 bits per heavy atom. The van der Waals surface area contributed by atoms with Crippen molar-refractivity contribution in [3.63, 3.8) is 0 Å². The molecule has 0 aromatic heterocycles. The van der Waals surface area contributed by atoms with Crippen molar-refractivity contribution in [1.82, 2.24) is 0 Å². The summed E-state index contributed by atoms with van der Waals surface area (Å²) in [6.07, 6.45) is 2.97. The van der Waals surface area contributed by atoms with Crippen LogP contribution in [0.25, 0.3) is 0 Å². The van der Waals surface area contributed by atoms with Crippen molar-refractivity contribution in [2.75, 3.05) is 12.0 Å². The first-order valence-corrected chi connectivity index (χ1v) is 8.70. The van der Waals surface area contributed by atoms with Gasteiger partial charge in [-0.15, -0.1) is 11.8 Å². The van der Waals surface area contributed by atoms with E-state index in [4.69, 9.17) is 0 Å². The molecule has 98 valence electrons. The minimum absolute atomic E-state index is 0.253. The average molecular weight is 280 g/mol. The maximum Gasteiger partial charge on any atom is 0.120 e. The summed E-state index contributed by atoms with van der Waals surface area (Å²) in [6.45, 7) is 6.36.